The Balaban J connectivity index is 1.93. The van der Waals surface area contributed by atoms with E-state index in [0.29, 0.717) is 39.5 Å². The monoisotopic (exact) mass is 375 g/mol. The molecule has 7 heteroatoms. The number of benzene rings is 2. The maximum Gasteiger partial charge on any atom is 0.336 e. The van der Waals surface area contributed by atoms with Crippen molar-refractivity contribution in [3.8, 4) is 34.0 Å². The molecule has 0 unspecified atom stereocenters. The van der Waals surface area contributed by atoms with Crippen LogP contribution in [0.15, 0.2) is 54.6 Å². The summed E-state index contributed by atoms with van der Waals surface area (Å²) in [6.45, 7) is 0. The molecule has 0 bridgehead atoms. The number of ether oxygens (including phenoxy) is 2. The number of carboxylic acid groups (broad SMARTS) is 1. The summed E-state index contributed by atoms with van der Waals surface area (Å²) in [6, 6.07) is 16.2. The number of pyridine rings is 1. The number of hydrogen-bond acceptors (Lipinski definition) is 5. The van der Waals surface area contributed by atoms with Crippen LogP contribution in [0.3, 0.4) is 0 Å². The third-order valence-corrected chi connectivity index (χ3v) is 4.52. The first-order valence-electron chi connectivity index (χ1n) is 8.52. The topological polar surface area (TPSA) is 97.3 Å². The Bertz CT molecular complexity index is 1170. The van der Waals surface area contributed by atoms with Gasteiger partial charge in [-0.2, -0.15) is 5.10 Å². The van der Waals surface area contributed by atoms with E-state index < -0.39 is 5.97 Å². The number of carboxylic acids is 1. The van der Waals surface area contributed by atoms with Crippen LogP contribution in [0.25, 0.3) is 33.5 Å². The minimum Gasteiger partial charge on any atom is -0.497 e. The van der Waals surface area contributed by atoms with Gasteiger partial charge >= 0.3 is 5.97 Å². The average molecular weight is 375 g/mol. The average Bonchev–Trinajstić information content (AvgIpc) is 3.17. The maximum absolute atomic E-state index is 12.0. The Morgan fingerprint density at radius 1 is 1.04 bits per heavy atom. The summed E-state index contributed by atoms with van der Waals surface area (Å²) < 4.78 is 10.6. The maximum atomic E-state index is 12.0. The van der Waals surface area contributed by atoms with Gasteiger partial charge in [0, 0.05) is 11.1 Å². The number of aromatic carboxylic acids is 1. The lowest BCUT2D eigenvalue weighted by atomic mass is 10.0. The zero-order valence-electron chi connectivity index (χ0n) is 15.3. The number of H-pyrrole nitrogens is 1. The molecule has 2 aromatic heterocycles. The summed E-state index contributed by atoms with van der Waals surface area (Å²) in [4.78, 5) is 16.6. The zero-order valence-corrected chi connectivity index (χ0v) is 15.3. The Kier molecular flexibility index (Phi) is 4.41. The van der Waals surface area contributed by atoms with Gasteiger partial charge in [-0.3, -0.25) is 5.10 Å². The van der Waals surface area contributed by atoms with Crippen LogP contribution in [0.2, 0.25) is 0 Å². The van der Waals surface area contributed by atoms with E-state index in [4.69, 9.17) is 9.47 Å². The zero-order chi connectivity index (χ0) is 19.7. The van der Waals surface area contributed by atoms with Crippen molar-refractivity contribution in [2.45, 2.75) is 0 Å². The van der Waals surface area contributed by atoms with Crippen molar-refractivity contribution in [3.63, 3.8) is 0 Å². The van der Waals surface area contributed by atoms with Gasteiger partial charge < -0.3 is 14.6 Å². The lowest BCUT2D eigenvalue weighted by molar-refractivity contribution is 0.0699. The highest BCUT2D eigenvalue weighted by molar-refractivity contribution is 6.08. The van der Waals surface area contributed by atoms with Crippen LogP contribution >= 0.6 is 0 Å². The van der Waals surface area contributed by atoms with E-state index in [9.17, 15) is 9.90 Å². The Hall–Kier alpha value is -3.87. The highest BCUT2D eigenvalue weighted by Crippen LogP contribution is 2.34. The van der Waals surface area contributed by atoms with E-state index in [1.54, 1.807) is 38.5 Å². The van der Waals surface area contributed by atoms with E-state index in [1.807, 2.05) is 30.3 Å². The number of methoxy groups -OCH3 is 2. The number of fused-ring (bicyclic) bond motifs is 1. The molecule has 4 aromatic rings. The first-order chi connectivity index (χ1) is 13.6. The molecule has 0 atom stereocenters. The molecule has 0 fully saturated rings. The smallest absolute Gasteiger partial charge is 0.336 e. The fourth-order valence-corrected chi connectivity index (χ4v) is 3.15. The van der Waals surface area contributed by atoms with Crippen molar-refractivity contribution in [1.82, 2.24) is 15.2 Å². The van der Waals surface area contributed by atoms with Crippen molar-refractivity contribution in [3.05, 3.63) is 60.2 Å². The van der Waals surface area contributed by atoms with E-state index >= 15 is 0 Å². The lowest BCUT2D eigenvalue weighted by Gasteiger charge is -2.09. The summed E-state index contributed by atoms with van der Waals surface area (Å²) in [5, 5.41) is 17.5. The SMILES string of the molecule is COc1ccc(-c2[nH]nc3nc(-c4ccccc4OC)cc(C(=O)O)c23)cc1. The normalized spacial score (nSPS) is 10.8. The molecule has 2 aromatic carbocycles. The molecule has 7 nitrogen and oxygen atoms in total. The largest absolute Gasteiger partial charge is 0.497 e. The summed E-state index contributed by atoms with van der Waals surface area (Å²) in [5.74, 6) is 0.263. The quantitative estimate of drug-likeness (QED) is 0.547. The molecule has 0 aliphatic carbocycles. The third-order valence-electron chi connectivity index (χ3n) is 4.52. The molecule has 140 valence electrons. The number of para-hydroxylation sites is 1. The fraction of sp³-hybridized carbons (Fsp3) is 0.0952. The molecule has 2 N–H and O–H groups in total. The van der Waals surface area contributed by atoms with Crippen LogP contribution in [0.4, 0.5) is 0 Å². The minimum absolute atomic E-state index is 0.116. The van der Waals surface area contributed by atoms with Gasteiger partial charge in [0.05, 0.1) is 36.6 Å². The van der Waals surface area contributed by atoms with Crippen molar-refractivity contribution >= 4 is 17.0 Å². The number of rotatable bonds is 5. The van der Waals surface area contributed by atoms with Crippen molar-refractivity contribution in [1.29, 1.82) is 0 Å². The Morgan fingerprint density at radius 2 is 1.79 bits per heavy atom. The fourth-order valence-electron chi connectivity index (χ4n) is 3.15. The van der Waals surface area contributed by atoms with Crippen LogP contribution in [-0.2, 0) is 0 Å². The number of nitrogens with zero attached hydrogens (tertiary/aromatic N) is 2. The van der Waals surface area contributed by atoms with Crippen LogP contribution < -0.4 is 9.47 Å². The lowest BCUT2D eigenvalue weighted by Crippen LogP contribution is -2.01. The standard InChI is InChI=1S/C21H17N3O4/c1-27-13-9-7-12(8-10-13)19-18-15(21(25)26)11-16(22-20(18)24-23-19)14-5-3-4-6-17(14)28-2/h3-11H,1-2H3,(H,25,26)(H,22,23,24). The third kappa shape index (κ3) is 2.92. The predicted molar refractivity (Wildman–Crippen MR) is 105 cm³/mol. The molecule has 0 radical (unpaired) electrons. The van der Waals surface area contributed by atoms with Gasteiger partial charge in [0.1, 0.15) is 11.5 Å². The van der Waals surface area contributed by atoms with Gasteiger partial charge in [0.25, 0.3) is 0 Å². The molecule has 28 heavy (non-hydrogen) atoms. The van der Waals surface area contributed by atoms with Gasteiger partial charge in [-0.25, -0.2) is 9.78 Å². The number of hydrogen-bond donors (Lipinski definition) is 2. The van der Waals surface area contributed by atoms with Crippen LogP contribution in [0.5, 0.6) is 11.5 Å². The van der Waals surface area contributed by atoms with Crippen molar-refractivity contribution < 1.29 is 19.4 Å². The molecule has 0 saturated carbocycles. The van der Waals surface area contributed by atoms with Crippen LogP contribution in [-0.4, -0.2) is 40.5 Å². The number of nitrogens with one attached hydrogen (secondary N) is 1. The molecule has 0 saturated heterocycles. The summed E-state index contributed by atoms with van der Waals surface area (Å²) in [5.41, 5.74) is 3.00. The van der Waals surface area contributed by atoms with Gasteiger partial charge in [0.15, 0.2) is 5.65 Å². The van der Waals surface area contributed by atoms with Crippen LogP contribution in [0.1, 0.15) is 10.4 Å². The molecule has 0 aliphatic heterocycles. The van der Waals surface area contributed by atoms with Gasteiger partial charge in [-0.1, -0.05) is 12.1 Å². The first kappa shape index (κ1) is 17.5. The molecule has 0 amide bonds. The molecular weight excluding hydrogens is 358 g/mol. The van der Waals surface area contributed by atoms with Gasteiger partial charge in [-0.05, 0) is 42.5 Å². The van der Waals surface area contributed by atoms with E-state index in [2.05, 4.69) is 15.2 Å². The highest BCUT2D eigenvalue weighted by Gasteiger charge is 2.20. The van der Waals surface area contributed by atoms with Gasteiger partial charge in [0.2, 0.25) is 0 Å². The first-order valence-corrected chi connectivity index (χ1v) is 8.52. The second-order valence-corrected chi connectivity index (χ2v) is 6.09. The minimum atomic E-state index is -1.06. The predicted octanol–water partition coefficient (Wildman–Crippen LogP) is 4.01. The van der Waals surface area contributed by atoms with Gasteiger partial charge in [-0.15, -0.1) is 0 Å². The molecule has 0 aliphatic rings. The summed E-state index contributed by atoms with van der Waals surface area (Å²) in [6.07, 6.45) is 0. The molecule has 0 spiro atoms. The van der Waals surface area contributed by atoms with E-state index in [0.717, 1.165) is 5.56 Å². The number of carbonyl (C=O) groups is 1. The second kappa shape index (κ2) is 7.03. The number of aromatic nitrogens is 3. The summed E-state index contributed by atoms with van der Waals surface area (Å²) >= 11 is 0. The Morgan fingerprint density at radius 3 is 2.46 bits per heavy atom. The number of aromatic amines is 1. The summed E-state index contributed by atoms with van der Waals surface area (Å²) in [7, 11) is 3.15. The van der Waals surface area contributed by atoms with Crippen LogP contribution in [0, 0.1) is 0 Å². The molecule has 4 rings (SSSR count). The van der Waals surface area contributed by atoms with Crippen molar-refractivity contribution in [2.75, 3.05) is 14.2 Å². The Labute approximate surface area is 160 Å². The van der Waals surface area contributed by atoms with E-state index in [-0.39, 0.29) is 5.56 Å². The van der Waals surface area contributed by atoms with E-state index in [1.165, 1.54) is 0 Å². The second-order valence-electron chi connectivity index (χ2n) is 6.09. The van der Waals surface area contributed by atoms with Crippen molar-refractivity contribution in [2.24, 2.45) is 0 Å². The highest BCUT2D eigenvalue weighted by atomic mass is 16.5. The molecular formula is C21H17N3O4. The molecule has 2 heterocycles.